The molecule has 0 amide bonds. The first kappa shape index (κ1) is 15.0. The predicted octanol–water partition coefficient (Wildman–Crippen LogP) is 4.76. The molecule has 2 rings (SSSR count). The summed E-state index contributed by atoms with van der Waals surface area (Å²) in [4.78, 5) is 4.72. The number of hydrogen-bond acceptors (Lipinski definition) is 2. The van der Waals surface area contributed by atoms with Crippen molar-refractivity contribution in [2.75, 3.05) is 6.61 Å². The molecule has 0 fully saturated rings. The van der Waals surface area contributed by atoms with Crippen LogP contribution in [0, 0.1) is 5.92 Å². The zero-order valence-electron chi connectivity index (χ0n) is 12.6. The quantitative estimate of drug-likeness (QED) is 0.668. The summed E-state index contributed by atoms with van der Waals surface area (Å²) in [6.45, 7) is 5.81. The van der Waals surface area contributed by atoms with Gasteiger partial charge in [0.1, 0.15) is 0 Å². The Kier molecular flexibility index (Phi) is 6.00. The minimum Gasteiger partial charge on any atom is -0.370 e. The Balaban J connectivity index is 1.73. The van der Waals surface area contributed by atoms with E-state index in [0.29, 0.717) is 19.1 Å². The Morgan fingerprint density at radius 1 is 1.20 bits per heavy atom. The molecule has 0 N–H and O–H groups in total. The predicted molar refractivity (Wildman–Crippen MR) is 84.9 cm³/mol. The molecule has 1 unspecified atom stereocenters. The molecule has 0 saturated heterocycles. The number of nitrogens with zero attached hydrogens (tertiary/aromatic N) is 1. The first-order valence-electron chi connectivity index (χ1n) is 7.67. The van der Waals surface area contributed by atoms with Crippen molar-refractivity contribution in [2.24, 2.45) is 10.9 Å². The lowest BCUT2D eigenvalue weighted by Gasteiger charge is -2.10. The smallest absolute Gasteiger partial charge is 0.0889 e. The van der Waals surface area contributed by atoms with E-state index in [4.69, 9.17) is 9.73 Å². The normalized spacial score (nSPS) is 15.9. The maximum Gasteiger partial charge on any atom is 0.0889 e. The van der Waals surface area contributed by atoms with Gasteiger partial charge in [-0.1, -0.05) is 63.1 Å². The Morgan fingerprint density at radius 3 is 2.75 bits per heavy atom. The molecule has 2 nitrogen and oxygen atoms in total. The fraction of sp³-hybridized carbons (Fsp3) is 0.500. The van der Waals surface area contributed by atoms with Gasteiger partial charge in [0.15, 0.2) is 0 Å². The first-order valence-corrected chi connectivity index (χ1v) is 7.67. The molecule has 0 aliphatic carbocycles. The number of ether oxygens (including phenoxy) is 1. The van der Waals surface area contributed by atoms with Crippen LogP contribution in [0.4, 0.5) is 0 Å². The van der Waals surface area contributed by atoms with Gasteiger partial charge < -0.3 is 4.74 Å². The number of hydrogen-bond donors (Lipinski definition) is 0. The fourth-order valence-corrected chi connectivity index (χ4v) is 2.43. The van der Waals surface area contributed by atoms with Crippen molar-refractivity contribution in [3.05, 3.63) is 47.7 Å². The minimum absolute atomic E-state index is 0.609. The Morgan fingerprint density at radius 2 is 2.00 bits per heavy atom. The summed E-state index contributed by atoms with van der Waals surface area (Å²) in [6.07, 6.45) is 7.02. The Labute approximate surface area is 122 Å². The van der Waals surface area contributed by atoms with Gasteiger partial charge in [0, 0.05) is 12.1 Å². The maximum absolute atomic E-state index is 5.74. The third-order valence-corrected chi connectivity index (χ3v) is 3.76. The van der Waals surface area contributed by atoms with E-state index in [1.807, 2.05) is 18.2 Å². The van der Waals surface area contributed by atoms with Crippen LogP contribution in [0.15, 0.2) is 47.1 Å². The monoisotopic (exact) mass is 271 g/mol. The van der Waals surface area contributed by atoms with E-state index in [-0.39, 0.29) is 0 Å². The third kappa shape index (κ3) is 4.61. The van der Waals surface area contributed by atoms with E-state index in [0.717, 1.165) is 12.1 Å². The molecule has 0 radical (unpaired) electrons. The highest BCUT2D eigenvalue weighted by Gasteiger charge is 2.14. The van der Waals surface area contributed by atoms with Crippen molar-refractivity contribution in [3.8, 4) is 0 Å². The van der Waals surface area contributed by atoms with Crippen molar-refractivity contribution in [2.45, 2.75) is 46.1 Å². The van der Waals surface area contributed by atoms with E-state index >= 15 is 0 Å². The number of rotatable bonds is 8. The summed E-state index contributed by atoms with van der Waals surface area (Å²) in [5.74, 6) is 0.609. The molecule has 1 atom stereocenters. The lowest BCUT2D eigenvalue weighted by atomic mass is 9.97. The molecule has 0 saturated carbocycles. The second-order valence-corrected chi connectivity index (χ2v) is 5.52. The summed E-state index contributed by atoms with van der Waals surface area (Å²) in [5.41, 5.74) is 3.64. The van der Waals surface area contributed by atoms with Gasteiger partial charge in [-0.05, 0) is 17.9 Å². The van der Waals surface area contributed by atoms with E-state index in [2.05, 4.69) is 32.1 Å². The molecule has 1 aromatic carbocycles. The van der Waals surface area contributed by atoms with Crippen LogP contribution in [0.3, 0.4) is 0 Å². The number of unbranched alkanes of at least 4 members (excludes halogenated alkanes) is 1. The number of aliphatic imine (C=N–C) groups is 1. The second-order valence-electron chi connectivity index (χ2n) is 5.52. The fourth-order valence-electron chi connectivity index (χ4n) is 2.43. The molecule has 1 aromatic rings. The van der Waals surface area contributed by atoms with Crippen LogP contribution >= 0.6 is 0 Å². The maximum atomic E-state index is 5.74. The standard InChI is InChI=1S/C18H25NO/c1-3-4-8-15(2)18-12-11-17(19-18)14-20-13-16-9-6-5-7-10-16/h5-7,9-11,15H,3-4,8,12-14H2,1-2H3. The molecule has 2 heteroatoms. The second kappa shape index (κ2) is 8.01. The molecular weight excluding hydrogens is 246 g/mol. The van der Waals surface area contributed by atoms with Gasteiger partial charge in [0.2, 0.25) is 0 Å². The number of allylic oxidation sites excluding steroid dienone is 1. The third-order valence-electron chi connectivity index (χ3n) is 3.76. The van der Waals surface area contributed by atoms with Crippen molar-refractivity contribution < 1.29 is 4.74 Å². The molecular formula is C18H25NO. The van der Waals surface area contributed by atoms with E-state index in [1.165, 1.54) is 30.5 Å². The van der Waals surface area contributed by atoms with Gasteiger partial charge in [0.05, 0.1) is 18.9 Å². The summed E-state index contributed by atoms with van der Waals surface area (Å²) in [6, 6.07) is 10.3. The van der Waals surface area contributed by atoms with E-state index in [1.54, 1.807) is 0 Å². The van der Waals surface area contributed by atoms with Gasteiger partial charge in [-0.3, -0.25) is 4.99 Å². The number of benzene rings is 1. The largest absolute Gasteiger partial charge is 0.370 e. The summed E-state index contributed by atoms with van der Waals surface area (Å²) >= 11 is 0. The average molecular weight is 271 g/mol. The SMILES string of the molecule is CCCCC(C)C1=NC(COCc2ccccc2)=CC1. The van der Waals surface area contributed by atoms with Gasteiger partial charge in [-0.25, -0.2) is 0 Å². The average Bonchev–Trinajstić information content (AvgIpc) is 2.95. The van der Waals surface area contributed by atoms with E-state index in [9.17, 15) is 0 Å². The molecule has 0 aromatic heterocycles. The highest BCUT2D eigenvalue weighted by Crippen LogP contribution is 2.20. The summed E-state index contributed by atoms with van der Waals surface area (Å²) in [5, 5.41) is 0. The molecule has 1 aliphatic heterocycles. The zero-order chi connectivity index (χ0) is 14.2. The Hall–Kier alpha value is -1.41. The molecule has 20 heavy (non-hydrogen) atoms. The Bertz CT molecular complexity index is 462. The lowest BCUT2D eigenvalue weighted by Crippen LogP contribution is -2.08. The van der Waals surface area contributed by atoms with E-state index < -0.39 is 0 Å². The zero-order valence-corrected chi connectivity index (χ0v) is 12.6. The van der Waals surface area contributed by atoms with Gasteiger partial charge in [0.25, 0.3) is 0 Å². The molecule has 1 aliphatic rings. The van der Waals surface area contributed by atoms with Crippen molar-refractivity contribution >= 4 is 5.71 Å². The van der Waals surface area contributed by atoms with Gasteiger partial charge in [-0.15, -0.1) is 0 Å². The van der Waals surface area contributed by atoms with Crippen LogP contribution in [0.25, 0.3) is 0 Å². The molecule has 108 valence electrons. The van der Waals surface area contributed by atoms with Crippen LogP contribution in [0.5, 0.6) is 0 Å². The minimum atomic E-state index is 0.609. The van der Waals surface area contributed by atoms with Crippen LogP contribution < -0.4 is 0 Å². The van der Waals surface area contributed by atoms with Gasteiger partial charge >= 0.3 is 0 Å². The van der Waals surface area contributed by atoms with Crippen LogP contribution in [0.2, 0.25) is 0 Å². The van der Waals surface area contributed by atoms with Gasteiger partial charge in [-0.2, -0.15) is 0 Å². The molecule has 1 heterocycles. The molecule has 0 spiro atoms. The lowest BCUT2D eigenvalue weighted by molar-refractivity contribution is 0.142. The van der Waals surface area contributed by atoms with Crippen molar-refractivity contribution in [3.63, 3.8) is 0 Å². The van der Waals surface area contributed by atoms with Crippen molar-refractivity contribution in [1.82, 2.24) is 0 Å². The van der Waals surface area contributed by atoms with Crippen LogP contribution in [-0.2, 0) is 11.3 Å². The van der Waals surface area contributed by atoms with Crippen molar-refractivity contribution in [1.29, 1.82) is 0 Å². The first-order chi connectivity index (χ1) is 9.79. The highest BCUT2D eigenvalue weighted by atomic mass is 16.5. The summed E-state index contributed by atoms with van der Waals surface area (Å²) in [7, 11) is 0. The molecule has 0 bridgehead atoms. The highest BCUT2D eigenvalue weighted by molar-refractivity contribution is 5.90. The van der Waals surface area contributed by atoms with Crippen LogP contribution in [0.1, 0.15) is 45.1 Å². The summed E-state index contributed by atoms with van der Waals surface area (Å²) < 4.78 is 5.74. The van der Waals surface area contributed by atoms with Crippen LogP contribution in [-0.4, -0.2) is 12.3 Å². The topological polar surface area (TPSA) is 21.6 Å².